The molecule has 4 nitrogen and oxygen atoms in total. The van der Waals surface area contributed by atoms with Crippen molar-refractivity contribution in [2.75, 3.05) is 26.5 Å². The molecule has 1 atom stereocenters. The number of carbonyl (C=O) groups excluding carboxylic acids is 1. The monoisotopic (exact) mass is 188 g/mol. The molecule has 0 bridgehead atoms. The average molecular weight is 188 g/mol. The molecule has 0 aromatic heterocycles. The molecule has 12 heavy (non-hydrogen) atoms. The van der Waals surface area contributed by atoms with E-state index in [0.29, 0.717) is 5.75 Å². The van der Waals surface area contributed by atoms with Gasteiger partial charge in [0.25, 0.3) is 0 Å². The molecule has 1 heterocycles. The molecule has 1 aliphatic heterocycles. The molecular formula is C7H12N2O2S. The first-order chi connectivity index (χ1) is 5.77. The van der Waals surface area contributed by atoms with Crippen LogP contribution < -0.4 is 5.32 Å². The third kappa shape index (κ3) is 2.22. The number of aliphatic imine (C=N–C) groups is 1. The summed E-state index contributed by atoms with van der Waals surface area (Å²) in [6.07, 6.45) is 0. The molecule has 1 N–H and O–H groups in total. The summed E-state index contributed by atoms with van der Waals surface area (Å²) in [5.41, 5.74) is 0. The van der Waals surface area contributed by atoms with Gasteiger partial charge in [0, 0.05) is 12.3 Å². The summed E-state index contributed by atoms with van der Waals surface area (Å²) in [5.74, 6) is 0.470. The zero-order valence-electron chi connectivity index (χ0n) is 7.16. The second kappa shape index (κ2) is 4.47. The minimum absolute atomic E-state index is 0.242. The number of nitrogens with one attached hydrogen (secondary N) is 1. The standard InChI is InChI=1S/C7H12N2O2S/c1-8-3-6-9-5(4-12-6)7(10)11-2/h5,8H,3-4H2,1-2H3. The second-order valence-corrected chi connectivity index (χ2v) is 3.50. The van der Waals surface area contributed by atoms with Gasteiger partial charge in [-0.2, -0.15) is 0 Å². The van der Waals surface area contributed by atoms with Crippen LogP contribution in [0.3, 0.4) is 0 Å². The van der Waals surface area contributed by atoms with Gasteiger partial charge in [-0.1, -0.05) is 0 Å². The Bertz CT molecular complexity index is 206. The van der Waals surface area contributed by atoms with Crippen LogP contribution in [0, 0.1) is 0 Å². The van der Waals surface area contributed by atoms with Crippen LogP contribution in [-0.4, -0.2) is 43.5 Å². The zero-order valence-corrected chi connectivity index (χ0v) is 7.98. The minimum atomic E-state index is -0.289. The lowest BCUT2D eigenvalue weighted by molar-refractivity contribution is -0.141. The number of nitrogens with zero attached hydrogens (tertiary/aromatic N) is 1. The second-order valence-electron chi connectivity index (χ2n) is 2.40. The van der Waals surface area contributed by atoms with E-state index in [1.165, 1.54) is 7.11 Å². The first-order valence-corrected chi connectivity index (χ1v) is 4.68. The molecule has 0 amide bonds. The number of ether oxygens (including phenoxy) is 1. The molecule has 1 aliphatic rings. The molecule has 0 aromatic carbocycles. The van der Waals surface area contributed by atoms with E-state index in [-0.39, 0.29) is 12.0 Å². The fourth-order valence-corrected chi connectivity index (χ4v) is 1.94. The molecule has 68 valence electrons. The van der Waals surface area contributed by atoms with Crippen molar-refractivity contribution in [3.63, 3.8) is 0 Å². The van der Waals surface area contributed by atoms with Gasteiger partial charge in [0.05, 0.1) is 12.2 Å². The molecule has 1 unspecified atom stereocenters. The third-order valence-electron chi connectivity index (χ3n) is 1.51. The molecule has 0 radical (unpaired) electrons. The third-order valence-corrected chi connectivity index (χ3v) is 2.57. The summed E-state index contributed by atoms with van der Waals surface area (Å²) in [4.78, 5) is 15.2. The van der Waals surface area contributed by atoms with E-state index in [0.717, 1.165) is 11.6 Å². The predicted octanol–water partition coefficient (Wildman–Crippen LogP) is -0.107. The lowest BCUT2D eigenvalue weighted by atomic mass is 10.4. The van der Waals surface area contributed by atoms with Gasteiger partial charge < -0.3 is 10.1 Å². The highest BCUT2D eigenvalue weighted by Crippen LogP contribution is 2.18. The van der Waals surface area contributed by atoms with Crippen molar-refractivity contribution in [2.24, 2.45) is 4.99 Å². The van der Waals surface area contributed by atoms with Crippen molar-refractivity contribution in [1.82, 2.24) is 5.32 Å². The molecule has 0 saturated carbocycles. The summed E-state index contributed by atoms with van der Waals surface area (Å²) in [5, 5.41) is 3.96. The number of hydrogen-bond acceptors (Lipinski definition) is 5. The summed E-state index contributed by atoms with van der Waals surface area (Å²) >= 11 is 1.61. The fraction of sp³-hybridized carbons (Fsp3) is 0.714. The Balaban J connectivity index is 2.46. The maximum absolute atomic E-state index is 11.0. The smallest absolute Gasteiger partial charge is 0.331 e. The zero-order chi connectivity index (χ0) is 8.97. The molecule has 0 spiro atoms. The van der Waals surface area contributed by atoms with Gasteiger partial charge in [-0.15, -0.1) is 11.8 Å². The van der Waals surface area contributed by atoms with Crippen molar-refractivity contribution >= 4 is 22.8 Å². The van der Waals surface area contributed by atoms with Gasteiger partial charge in [0.15, 0.2) is 6.04 Å². The van der Waals surface area contributed by atoms with E-state index in [9.17, 15) is 4.79 Å². The average Bonchev–Trinajstić information content (AvgIpc) is 2.52. The van der Waals surface area contributed by atoms with Gasteiger partial charge in [0.2, 0.25) is 0 Å². The van der Waals surface area contributed by atoms with Crippen LogP contribution in [0.5, 0.6) is 0 Å². The molecule has 0 saturated heterocycles. The number of rotatable bonds is 3. The Morgan fingerprint density at radius 2 is 2.67 bits per heavy atom. The Labute approximate surface area is 75.8 Å². The van der Waals surface area contributed by atoms with Crippen molar-refractivity contribution in [3.8, 4) is 0 Å². The van der Waals surface area contributed by atoms with Crippen LogP contribution in [0.1, 0.15) is 0 Å². The molecule has 0 aromatic rings. The Kier molecular flexibility index (Phi) is 3.55. The van der Waals surface area contributed by atoms with E-state index < -0.39 is 0 Å². The highest BCUT2D eigenvalue weighted by atomic mass is 32.2. The van der Waals surface area contributed by atoms with E-state index in [4.69, 9.17) is 0 Å². The maximum Gasteiger partial charge on any atom is 0.331 e. The van der Waals surface area contributed by atoms with Gasteiger partial charge >= 0.3 is 5.97 Å². The van der Waals surface area contributed by atoms with Crippen LogP contribution in [0.2, 0.25) is 0 Å². The summed E-state index contributed by atoms with van der Waals surface area (Å²) in [6, 6.07) is -0.289. The van der Waals surface area contributed by atoms with Crippen molar-refractivity contribution in [3.05, 3.63) is 0 Å². The normalized spacial score (nSPS) is 22.2. The minimum Gasteiger partial charge on any atom is -0.467 e. The summed E-state index contributed by atoms with van der Waals surface area (Å²) < 4.78 is 4.58. The lowest BCUT2D eigenvalue weighted by Gasteiger charge is -2.00. The highest BCUT2D eigenvalue weighted by Gasteiger charge is 2.24. The number of hydrogen-bond donors (Lipinski definition) is 1. The fourth-order valence-electron chi connectivity index (χ4n) is 0.928. The lowest BCUT2D eigenvalue weighted by Crippen LogP contribution is -2.20. The van der Waals surface area contributed by atoms with Crippen LogP contribution in [0.4, 0.5) is 0 Å². The number of esters is 1. The molecular weight excluding hydrogens is 176 g/mol. The Hall–Kier alpha value is -0.550. The van der Waals surface area contributed by atoms with Crippen LogP contribution in [0.15, 0.2) is 4.99 Å². The molecule has 1 rings (SSSR count). The number of thioether (sulfide) groups is 1. The van der Waals surface area contributed by atoms with Crippen molar-refractivity contribution < 1.29 is 9.53 Å². The topological polar surface area (TPSA) is 50.7 Å². The van der Waals surface area contributed by atoms with E-state index in [1.807, 2.05) is 7.05 Å². The van der Waals surface area contributed by atoms with Crippen LogP contribution in [0.25, 0.3) is 0 Å². The highest BCUT2D eigenvalue weighted by molar-refractivity contribution is 8.14. The summed E-state index contributed by atoms with van der Waals surface area (Å²) in [6.45, 7) is 0.734. The van der Waals surface area contributed by atoms with Gasteiger partial charge in [0.1, 0.15) is 0 Å². The molecule has 5 heteroatoms. The largest absolute Gasteiger partial charge is 0.467 e. The van der Waals surface area contributed by atoms with Crippen molar-refractivity contribution in [1.29, 1.82) is 0 Å². The number of methoxy groups -OCH3 is 1. The number of carbonyl (C=O) groups is 1. The maximum atomic E-state index is 11.0. The summed E-state index contributed by atoms with van der Waals surface area (Å²) in [7, 11) is 3.24. The Morgan fingerprint density at radius 1 is 1.92 bits per heavy atom. The SMILES string of the molecule is CNCC1=NC(C(=O)OC)CS1. The van der Waals surface area contributed by atoms with Crippen molar-refractivity contribution in [2.45, 2.75) is 6.04 Å². The van der Waals surface area contributed by atoms with Crippen LogP contribution >= 0.6 is 11.8 Å². The molecule has 0 fully saturated rings. The van der Waals surface area contributed by atoms with Gasteiger partial charge in [-0.05, 0) is 7.05 Å². The van der Waals surface area contributed by atoms with Gasteiger partial charge in [-0.25, -0.2) is 4.79 Å². The van der Waals surface area contributed by atoms with E-state index in [2.05, 4.69) is 15.0 Å². The van der Waals surface area contributed by atoms with Gasteiger partial charge in [-0.3, -0.25) is 4.99 Å². The predicted molar refractivity (Wildman–Crippen MR) is 49.6 cm³/mol. The molecule has 0 aliphatic carbocycles. The van der Waals surface area contributed by atoms with Crippen LogP contribution in [-0.2, 0) is 9.53 Å². The Morgan fingerprint density at radius 3 is 3.25 bits per heavy atom. The quantitative estimate of drug-likeness (QED) is 0.628. The van der Waals surface area contributed by atoms with E-state index >= 15 is 0 Å². The first kappa shape index (κ1) is 9.54. The van der Waals surface area contributed by atoms with E-state index in [1.54, 1.807) is 11.8 Å². The first-order valence-electron chi connectivity index (χ1n) is 3.70.